The first-order chi connectivity index (χ1) is 13.5. The first kappa shape index (κ1) is 20.6. The van der Waals surface area contributed by atoms with Crippen molar-refractivity contribution in [2.45, 2.75) is 12.2 Å². The minimum Gasteiger partial charge on any atom is -0.455 e. The van der Waals surface area contributed by atoms with Crippen molar-refractivity contribution in [3.63, 3.8) is 0 Å². The van der Waals surface area contributed by atoms with Crippen LogP contribution in [0.1, 0.15) is 27.6 Å². The highest BCUT2D eigenvalue weighted by molar-refractivity contribution is 7.87. The van der Waals surface area contributed by atoms with Crippen molar-refractivity contribution in [2.24, 2.45) is 0 Å². The summed E-state index contributed by atoms with van der Waals surface area (Å²) in [6.45, 7) is 2.46. The highest BCUT2D eigenvalue weighted by atomic mass is 32.2. The molecule has 2 aromatic rings. The summed E-state index contributed by atoms with van der Waals surface area (Å²) < 4.78 is 60.6. The fourth-order valence-corrected chi connectivity index (χ4v) is 3.22. The molecule has 29 heavy (non-hydrogen) atoms. The highest BCUT2D eigenvalue weighted by Gasteiger charge is 2.51. The van der Waals surface area contributed by atoms with Gasteiger partial charge in [0.1, 0.15) is 0 Å². The summed E-state index contributed by atoms with van der Waals surface area (Å²) in [7, 11) is -5.87. The van der Waals surface area contributed by atoms with Crippen molar-refractivity contribution >= 4 is 38.7 Å². The Bertz CT molecular complexity index is 1120. The minimum atomic E-state index is -5.87. The Balaban J connectivity index is 1.92. The van der Waals surface area contributed by atoms with Crippen LogP contribution in [0.5, 0.6) is 0 Å². The predicted octanol–water partition coefficient (Wildman–Crippen LogP) is 2.41. The van der Waals surface area contributed by atoms with E-state index < -0.39 is 39.8 Å². The number of imide groups is 1. The molecular weight excluding hydrogens is 412 g/mol. The summed E-state index contributed by atoms with van der Waals surface area (Å²) in [5, 5.41) is -4.20. The lowest BCUT2D eigenvalue weighted by Gasteiger charge is -2.26. The van der Waals surface area contributed by atoms with E-state index in [0.29, 0.717) is 5.39 Å². The fourth-order valence-electron chi connectivity index (χ4n) is 2.57. The number of ether oxygens (including phenoxy) is 1. The molecule has 0 radical (unpaired) electrons. The van der Waals surface area contributed by atoms with Crippen LogP contribution in [0, 0.1) is 0 Å². The molecule has 0 aliphatic carbocycles. The van der Waals surface area contributed by atoms with Gasteiger partial charge in [-0.3, -0.25) is 9.59 Å². The molecule has 0 spiro atoms. The zero-order chi connectivity index (χ0) is 21.6. The van der Waals surface area contributed by atoms with Crippen molar-refractivity contribution in [3.05, 3.63) is 59.7 Å². The number of rotatable bonds is 6. The number of benzene rings is 2. The first-order valence-corrected chi connectivity index (χ1v) is 9.42. The zero-order valence-corrected chi connectivity index (χ0v) is 15.7. The van der Waals surface area contributed by atoms with E-state index in [2.05, 4.69) is 15.6 Å². The van der Waals surface area contributed by atoms with Gasteiger partial charge in [0.2, 0.25) is 0 Å². The Kier molecular flexibility index (Phi) is 4.97. The fraction of sp³-hybridized carbons (Fsp3) is 0.167. The average Bonchev–Trinajstić information content (AvgIpc) is 2.67. The van der Waals surface area contributed by atoms with E-state index in [1.165, 1.54) is 31.2 Å². The maximum Gasteiger partial charge on any atom is 0.404 e. The quantitative estimate of drug-likeness (QED) is 0.397. The standard InChI is InChI=1S/C18H13F2NO7S/c1-10(2)17(24)27-9-18(19,20)29(25,26)28-21-15(22)12-7-3-5-11-6-4-8-13(14(11)12)16(21)23/h3-8H,1,9H2,2H3. The number of carbonyl (C=O) groups is 3. The SMILES string of the molecule is C=C(C)C(=O)OCC(F)(F)S(=O)(=O)ON1C(=O)c2cccc3cccc(c23)C1=O. The summed E-state index contributed by atoms with van der Waals surface area (Å²) in [5.74, 6) is -3.69. The molecule has 0 fully saturated rings. The molecule has 0 atom stereocenters. The lowest BCUT2D eigenvalue weighted by Crippen LogP contribution is -2.46. The molecule has 8 nitrogen and oxygen atoms in total. The number of alkyl halides is 2. The van der Waals surface area contributed by atoms with Crippen LogP contribution in [-0.2, 0) is 23.9 Å². The number of hydrogen-bond donors (Lipinski definition) is 0. The summed E-state index contributed by atoms with van der Waals surface area (Å²) in [6.07, 6.45) is 0. The number of carbonyl (C=O) groups excluding carboxylic acids is 3. The van der Waals surface area contributed by atoms with Gasteiger partial charge in [0.15, 0.2) is 6.61 Å². The molecule has 0 saturated heterocycles. The maximum absolute atomic E-state index is 14.1. The van der Waals surface area contributed by atoms with Gasteiger partial charge in [0.25, 0.3) is 11.8 Å². The lowest BCUT2D eigenvalue weighted by molar-refractivity contribution is -0.145. The van der Waals surface area contributed by atoms with E-state index in [9.17, 15) is 31.6 Å². The van der Waals surface area contributed by atoms with Gasteiger partial charge < -0.3 is 4.74 Å². The summed E-state index contributed by atoms with van der Waals surface area (Å²) >= 11 is 0. The summed E-state index contributed by atoms with van der Waals surface area (Å²) in [4.78, 5) is 36.3. The van der Waals surface area contributed by atoms with Gasteiger partial charge in [-0.25, -0.2) is 4.79 Å². The zero-order valence-electron chi connectivity index (χ0n) is 14.8. The van der Waals surface area contributed by atoms with Gasteiger partial charge in [-0.2, -0.15) is 17.2 Å². The molecule has 11 heteroatoms. The molecule has 0 bridgehead atoms. The molecule has 0 unspecified atom stereocenters. The van der Waals surface area contributed by atoms with Crippen molar-refractivity contribution in [1.29, 1.82) is 0 Å². The Labute approximate surface area is 163 Å². The van der Waals surface area contributed by atoms with Crippen LogP contribution in [-0.4, -0.2) is 43.1 Å². The van der Waals surface area contributed by atoms with Crippen molar-refractivity contribution in [3.8, 4) is 0 Å². The van der Waals surface area contributed by atoms with Crippen LogP contribution >= 0.6 is 0 Å². The van der Waals surface area contributed by atoms with Crippen molar-refractivity contribution < 1.29 is 40.6 Å². The first-order valence-electron chi connectivity index (χ1n) is 8.01. The van der Waals surface area contributed by atoms with Gasteiger partial charge in [0, 0.05) is 11.0 Å². The predicted molar refractivity (Wildman–Crippen MR) is 95.2 cm³/mol. The second-order valence-corrected chi connectivity index (χ2v) is 7.79. The van der Waals surface area contributed by atoms with Gasteiger partial charge >= 0.3 is 21.3 Å². The van der Waals surface area contributed by atoms with Crippen LogP contribution in [0.15, 0.2) is 48.6 Å². The molecule has 0 saturated carbocycles. The van der Waals surface area contributed by atoms with E-state index in [4.69, 9.17) is 0 Å². The molecule has 152 valence electrons. The number of halogens is 2. The molecular formula is C18H13F2NO7S. The molecule has 0 N–H and O–H groups in total. The smallest absolute Gasteiger partial charge is 0.404 e. The molecule has 0 aromatic heterocycles. The van der Waals surface area contributed by atoms with Crippen LogP contribution in [0.3, 0.4) is 0 Å². The van der Waals surface area contributed by atoms with Gasteiger partial charge in [-0.1, -0.05) is 30.8 Å². The minimum absolute atomic E-state index is 0.0927. The Morgan fingerprint density at radius 1 is 1.10 bits per heavy atom. The van der Waals surface area contributed by atoms with Crippen LogP contribution in [0.4, 0.5) is 8.78 Å². The molecule has 1 aliphatic rings. The monoisotopic (exact) mass is 425 g/mol. The number of hydroxylamine groups is 2. The second kappa shape index (κ2) is 7.01. The molecule has 1 heterocycles. The highest BCUT2D eigenvalue weighted by Crippen LogP contribution is 2.32. The molecule has 1 aliphatic heterocycles. The van der Waals surface area contributed by atoms with Crippen LogP contribution < -0.4 is 0 Å². The number of hydrogen-bond acceptors (Lipinski definition) is 7. The normalized spacial score (nSPS) is 14.2. The Morgan fingerprint density at radius 2 is 1.62 bits per heavy atom. The Hall–Kier alpha value is -3.18. The van der Waals surface area contributed by atoms with Crippen LogP contribution in [0.2, 0.25) is 0 Å². The largest absolute Gasteiger partial charge is 0.455 e. The van der Waals surface area contributed by atoms with E-state index in [1.807, 2.05) is 0 Å². The summed E-state index contributed by atoms with van der Waals surface area (Å²) in [6, 6.07) is 8.81. The van der Waals surface area contributed by atoms with E-state index in [-0.39, 0.29) is 27.1 Å². The van der Waals surface area contributed by atoms with Crippen molar-refractivity contribution in [1.82, 2.24) is 5.06 Å². The van der Waals surface area contributed by atoms with E-state index >= 15 is 0 Å². The second-order valence-electron chi connectivity index (χ2n) is 6.14. The van der Waals surface area contributed by atoms with E-state index in [0.717, 1.165) is 0 Å². The van der Waals surface area contributed by atoms with Crippen molar-refractivity contribution in [2.75, 3.05) is 6.61 Å². The topological polar surface area (TPSA) is 107 Å². The summed E-state index contributed by atoms with van der Waals surface area (Å²) in [5.41, 5.74) is -0.417. The number of amides is 2. The average molecular weight is 425 g/mol. The molecule has 3 rings (SSSR count). The maximum atomic E-state index is 14.1. The third-order valence-corrected chi connectivity index (χ3v) is 5.19. The van der Waals surface area contributed by atoms with Gasteiger partial charge in [-0.15, -0.1) is 9.35 Å². The third kappa shape index (κ3) is 3.49. The number of nitrogens with zero attached hydrogens (tertiary/aromatic N) is 1. The molecule has 2 aromatic carbocycles. The van der Waals surface area contributed by atoms with Gasteiger partial charge in [0.05, 0.1) is 11.1 Å². The van der Waals surface area contributed by atoms with Crippen LogP contribution in [0.25, 0.3) is 10.8 Å². The third-order valence-electron chi connectivity index (χ3n) is 3.99. The lowest BCUT2D eigenvalue weighted by atomic mass is 9.95. The van der Waals surface area contributed by atoms with E-state index in [1.54, 1.807) is 12.1 Å². The molecule has 2 amide bonds. The Morgan fingerprint density at radius 3 is 2.10 bits per heavy atom. The number of esters is 1. The van der Waals surface area contributed by atoms with Gasteiger partial charge in [-0.05, 0) is 24.4 Å².